The van der Waals surface area contributed by atoms with Gasteiger partial charge in [-0.15, -0.1) is 68.0 Å². The fraction of sp³-hybridized carbons (Fsp3) is 0.0435. The van der Waals surface area contributed by atoms with E-state index in [1.54, 1.807) is 11.3 Å². The first kappa shape index (κ1) is 45.2. The van der Waals surface area contributed by atoms with E-state index in [2.05, 4.69) is 212 Å². The Balaban J connectivity index is 0.636. The van der Waals surface area contributed by atoms with Crippen LogP contribution in [0.25, 0.3) is 149 Å². The van der Waals surface area contributed by atoms with Crippen LogP contribution < -0.4 is 0 Å². The normalized spacial score (nSPS) is 12.7. The summed E-state index contributed by atoms with van der Waals surface area (Å²) in [5.74, 6) is 0. The minimum atomic E-state index is 1.15. The predicted molar refractivity (Wildman–Crippen MR) is 338 cm³/mol. The summed E-state index contributed by atoms with van der Waals surface area (Å²) in [6, 6.07) is 64.5. The highest BCUT2D eigenvalue weighted by Crippen LogP contribution is 2.48. The summed E-state index contributed by atoms with van der Waals surface area (Å²) in [4.78, 5) is 2.84. The average molecular weight is 1070 g/mol. The lowest BCUT2D eigenvalue weighted by molar-refractivity contribution is 1.01. The van der Waals surface area contributed by atoms with E-state index >= 15 is 0 Å². The summed E-state index contributed by atoms with van der Waals surface area (Å²) in [5.41, 5.74) is 20.4. The predicted octanol–water partition coefficient (Wildman–Crippen LogP) is 23.1. The second-order valence-corrected chi connectivity index (χ2v) is 25.8. The molecule has 356 valence electrons. The maximum Gasteiger partial charge on any atom is 0.0542 e. The van der Waals surface area contributed by atoms with Gasteiger partial charge in [0.2, 0.25) is 0 Å². The van der Waals surface area contributed by atoms with E-state index in [1.807, 2.05) is 68.8 Å². The van der Waals surface area contributed by atoms with E-state index in [1.165, 1.54) is 158 Å². The molecule has 75 heavy (non-hydrogen) atoms. The van der Waals surface area contributed by atoms with Crippen LogP contribution in [0.1, 0.15) is 27.3 Å². The number of aryl methyl sites for hydroxylation is 2. The molecule has 0 radical (unpaired) electrons. The summed E-state index contributed by atoms with van der Waals surface area (Å²) in [6.07, 6.45) is 13.0. The Labute approximate surface area is 459 Å². The van der Waals surface area contributed by atoms with Gasteiger partial charge in [-0.25, -0.2) is 0 Å². The largest absolute Gasteiger partial charge is 0.148 e. The van der Waals surface area contributed by atoms with Gasteiger partial charge in [-0.05, 0) is 144 Å². The number of allylic oxidation sites excluding steroid dienone is 3. The van der Waals surface area contributed by atoms with Crippen molar-refractivity contribution in [3.8, 4) is 77.9 Å². The van der Waals surface area contributed by atoms with Crippen molar-refractivity contribution in [2.45, 2.75) is 19.8 Å². The average Bonchev–Trinajstić information content (AvgIpc) is 4.37. The van der Waals surface area contributed by atoms with Crippen molar-refractivity contribution in [2.75, 3.05) is 0 Å². The van der Waals surface area contributed by atoms with Crippen LogP contribution >= 0.6 is 68.0 Å². The first-order valence-electron chi connectivity index (χ1n) is 25.3. The smallest absolute Gasteiger partial charge is 0.0542 e. The highest BCUT2D eigenvalue weighted by Gasteiger charge is 2.18. The molecule has 0 atom stereocenters. The third-order valence-corrected chi connectivity index (χ3v) is 22.1. The Morgan fingerprint density at radius 3 is 1.15 bits per heavy atom. The molecule has 0 fully saturated rings. The van der Waals surface area contributed by atoms with Gasteiger partial charge in [-0.2, -0.15) is 0 Å². The van der Waals surface area contributed by atoms with E-state index in [9.17, 15) is 0 Å². The van der Waals surface area contributed by atoms with Gasteiger partial charge < -0.3 is 0 Å². The Kier molecular flexibility index (Phi) is 11.0. The first-order chi connectivity index (χ1) is 37.0. The fourth-order valence-electron chi connectivity index (χ4n) is 11.1. The Morgan fingerprint density at radius 1 is 0.400 bits per heavy atom. The molecule has 0 spiro atoms. The lowest BCUT2D eigenvalue weighted by Crippen LogP contribution is -1.89. The number of hydrogen-bond acceptors (Lipinski definition) is 6. The molecule has 6 heteroatoms. The lowest BCUT2D eigenvalue weighted by atomic mass is 9.96. The van der Waals surface area contributed by atoms with Crippen LogP contribution in [-0.2, 0) is 6.42 Å². The highest BCUT2D eigenvalue weighted by molar-refractivity contribution is 7.37. The lowest BCUT2D eigenvalue weighted by Gasteiger charge is -2.08. The maximum absolute atomic E-state index is 3.86. The quantitative estimate of drug-likeness (QED) is 0.126. The van der Waals surface area contributed by atoms with E-state index < -0.39 is 0 Å². The van der Waals surface area contributed by atoms with Crippen molar-refractivity contribution in [2.24, 2.45) is 0 Å². The van der Waals surface area contributed by atoms with Crippen molar-refractivity contribution >= 4 is 139 Å². The molecule has 0 aliphatic heterocycles. The van der Waals surface area contributed by atoms with Crippen LogP contribution in [-0.4, -0.2) is 0 Å². The minimum Gasteiger partial charge on any atom is -0.148 e. The standard InChI is InChI=1S/C69H44S6/c1-3-4-7-53-40(2)70-38-59(53)47-22-18-45(19-23-47)51-28-32-57-64(36-51)74-66-55-30-26-49(34-62(55)72-68(57)66)43-14-10-41(11-15-43)42-12-16-44(17-13-42)50-27-31-56-63(35-50)73-69-58-33-29-52(37-65(58)75-67(56)69)46-20-24-48(25-21-46)60-39-71-61-9-6-5-8-54(60)61/h3-5,7-8,10-39H,1,6,9H2,2H3/b7-4-. The second-order valence-electron chi connectivity index (χ2n) is 19.5. The van der Waals surface area contributed by atoms with Crippen molar-refractivity contribution in [3.63, 3.8) is 0 Å². The number of fused-ring (bicyclic) bond motifs is 11. The molecule has 0 bridgehead atoms. The summed E-state index contributed by atoms with van der Waals surface area (Å²) in [6.45, 7) is 6.04. The van der Waals surface area contributed by atoms with Gasteiger partial charge in [-0.3, -0.25) is 0 Å². The summed E-state index contributed by atoms with van der Waals surface area (Å²) in [7, 11) is 0. The van der Waals surface area contributed by atoms with Crippen LogP contribution in [0.3, 0.4) is 0 Å². The molecule has 0 saturated heterocycles. The number of thiophene rings is 6. The zero-order valence-electron chi connectivity index (χ0n) is 40.8. The zero-order valence-corrected chi connectivity index (χ0v) is 45.7. The van der Waals surface area contributed by atoms with E-state index in [-0.39, 0.29) is 0 Å². The summed E-state index contributed by atoms with van der Waals surface area (Å²) < 4.78 is 10.9. The SMILES string of the molecule is C=C/C=C\c1c(-c2ccc(-c3ccc4c(c3)sc3c5ccc(-c6ccc(-c7ccc(-c8ccc9c(c8)sc8c%10ccc(-c%11ccc(-c%12csc%13c%12C=CCC%13)cc%11)cc%10sc98)cc7)cc6)cc5sc43)cc2)csc1C. The van der Waals surface area contributed by atoms with Crippen LogP contribution in [0.5, 0.6) is 0 Å². The molecule has 8 aromatic carbocycles. The van der Waals surface area contributed by atoms with Crippen LogP contribution in [0, 0.1) is 6.92 Å². The molecule has 15 rings (SSSR count). The van der Waals surface area contributed by atoms with Gasteiger partial charge in [0.25, 0.3) is 0 Å². The topological polar surface area (TPSA) is 0 Å². The minimum absolute atomic E-state index is 1.15. The molecule has 1 aliphatic rings. The molecule has 6 heterocycles. The molecule has 1 aliphatic carbocycles. The summed E-state index contributed by atoms with van der Waals surface area (Å²) >= 11 is 11.4. The van der Waals surface area contributed by atoms with Gasteiger partial charge in [0.05, 0.1) is 18.8 Å². The van der Waals surface area contributed by atoms with Crippen LogP contribution in [0.4, 0.5) is 0 Å². The Morgan fingerprint density at radius 2 is 0.747 bits per heavy atom. The van der Waals surface area contributed by atoms with E-state index in [0.717, 1.165) is 12.8 Å². The molecule has 14 aromatic rings. The second kappa shape index (κ2) is 18.2. The summed E-state index contributed by atoms with van der Waals surface area (Å²) in [5, 5.41) is 10.00. The zero-order chi connectivity index (χ0) is 49.7. The third-order valence-electron chi connectivity index (χ3n) is 15.1. The number of rotatable bonds is 9. The molecular weight excluding hydrogens is 1020 g/mol. The molecule has 0 amide bonds. The maximum atomic E-state index is 3.86. The molecule has 0 saturated carbocycles. The fourth-order valence-corrected chi connectivity index (χ4v) is 18.5. The van der Waals surface area contributed by atoms with Gasteiger partial charge in [0.1, 0.15) is 0 Å². The monoisotopic (exact) mass is 1060 g/mol. The highest BCUT2D eigenvalue weighted by atomic mass is 32.1. The van der Waals surface area contributed by atoms with E-state index in [4.69, 9.17) is 0 Å². The Hall–Kier alpha value is -7.26. The van der Waals surface area contributed by atoms with Crippen molar-refractivity contribution < 1.29 is 0 Å². The van der Waals surface area contributed by atoms with Crippen LogP contribution in [0.2, 0.25) is 0 Å². The van der Waals surface area contributed by atoms with Crippen LogP contribution in [0.15, 0.2) is 205 Å². The molecule has 6 aromatic heterocycles. The van der Waals surface area contributed by atoms with Crippen molar-refractivity contribution in [1.82, 2.24) is 0 Å². The van der Waals surface area contributed by atoms with Gasteiger partial charge >= 0.3 is 0 Å². The van der Waals surface area contributed by atoms with Gasteiger partial charge in [0.15, 0.2) is 0 Å². The molecule has 0 nitrogen and oxygen atoms in total. The van der Waals surface area contributed by atoms with Gasteiger partial charge in [-0.1, -0.05) is 183 Å². The molecular formula is C69H44S6. The number of benzene rings is 8. The Bertz CT molecular complexity index is 4630. The number of hydrogen-bond donors (Lipinski definition) is 0. The van der Waals surface area contributed by atoms with Gasteiger partial charge in [0, 0.05) is 50.1 Å². The molecule has 0 N–H and O–H groups in total. The first-order valence-corrected chi connectivity index (χ1v) is 30.4. The molecule has 0 unspecified atom stereocenters. The van der Waals surface area contributed by atoms with Crippen molar-refractivity contribution in [3.05, 3.63) is 226 Å². The van der Waals surface area contributed by atoms with Crippen molar-refractivity contribution in [1.29, 1.82) is 0 Å². The van der Waals surface area contributed by atoms with E-state index in [0.29, 0.717) is 0 Å². The third kappa shape index (κ3) is 7.77.